The number of sulfone groups is 1. The first-order valence-electron chi connectivity index (χ1n) is 4.70. The van der Waals surface area contributed by atoms with Crippen molar-refractivity contribution in [3.05, 3.63) is 29.8 Å². The van der Waals surface area contributed by atoms with Crippen LogP contribution in [0.3, 0.4) is 0 Å². The molecular weight excluding hydrogens is 266 g/mol. The van der Waals surface area contributed by atoms with Gasteiger partial charge < -0.3 is 10.3 Å². The molecule has 0 unspecified atom stereocenters. The van der Waals surface area contributed by atoms with Crippen molar-refractivity contribution in [1.29, 1.82) is 0 Å². The van der Waals surface area contributed by atoms with Gasteiger partial charge in [-0.25, -0.2) is 17.2 Å². The molecule has 18 heavy (non-hydrogen) atoms. The number of hydrogen-bond donors (Lipinski definition) is 1. The molecule has 2 aromatic rings. The molecule has 8 heteroatoms. The molecule has 0 aliphatic rings. The molecule has 96 valence electrons. The fourth-order valence-corrected chi connectivity index (χ4v) is 2.20. The zero-order valence-electron chi connectivity index (χ0n) is 9.15. The molecule has 1 heterocycles. The van der Waals surface area contributed by atoms with E-state index in [1.807, 2.05) is 0 Å². The normalized spacial score (nSPS) is 11.7. The third-order valence-corrected chi connectivity index (χ3v) is 3.30. The summed E-state index contributed by atoms with van der Waals surface area (Å²) >= 11 is 0. The maximum Gasteiger partial charge on any atom is 0.222 e. The Labute approximate surface area is 101 Å². The SMILES string of the molecule is CS(=O)(=O)c1cc(F)cc(-c2cc(N)on2)c1F. The topological polar surface area (TPSA) is 86.2 Å². The lowest BCUT2D eigenvalue weighted by atomic mass is 10.1. The summed E-state index contributed by atoms with van der Waals surface area (Å²) in [6, 6.07) is 2.60. The molecule has 2 rings (SSSR count). The predicted molar refractivity (Wildman–Crippen MR) is 59.4 cm³/mol. The molecule has 0 atom stereocenters. The first-order chi connectivity index (χ1) is 8.29. The van der Waals surface area contributed by atoms with Gasteiger partial charge in [-0.05, 0) is 12.1 Å². The fraction of sp³-hybridized carbons (Fsp3) is 0.100. The zero-order valence-corrected chi connectivity index (χ0v) is 9.96. The first-order valence-corrected chi connectivity index (χ1v) is 6.60. The standard InChI is InChI=1S/C10H8F2N2O3S/c1-18(15,16)8-3-5(11)2-6(10(8)12)7-4-9(13)17-14-7/h2-4H,13H2,1H3. The Morgan fingerprint density at radius 3 is 2.44 bits per heavy atom. The van der Waals surface area contributed by atoms with Crippen LogP contribution in [0.25, 0.3) is 11.3 Å². The minimum Gasteiger partial charge on any atom is -0.368 e. The number of hydrogen-bond acceptors (Lipinski definition) is 5. The van der Waals surface area contributed by atoms with Crippen molar-refractivity contribution >= 4 is 15.7 Å². The van der Waals surface area contributed by atoms with Crippen LogP contribution < -0.4 is 5.73 Å². The van der Waals surface area contributed by atoms with E-state index in [0.29, 0.717) is 6.07 Å². The van der Waals surface area contributed by atoms with E-state index in [9.17, 15) is 17.2 Å². The van der Waals surface area contributed by atoms with Crippen LogP contribution in [0.5, 0.6) is 0 Å². The smallest absolute Gasteiger partial charge is 0.222 e. The van der Waals surface area contributed by atoms with Gasteiger partial charge in [0.15, 0.2) is 15.7 Å². The number of halogens is 2. The number of nitrogens with zero attached hydrogens (tertiary/aromatic N) is 1. The van der Waals surface area contributed by atoms with Gasteiger partial charge in [-0.2, -0.15) is 0 Å². The average Bonchev–Trinajstić information content (AvgIpc) is 2.66. The van der Waals surface area contributed by atoms with Crippen molar-refractivity contribution in [1.82, 2.24) is 5.16 Å². The van der Waals surface area contributed by atoms with Crippen molar-refractivity contribution in [2.45, 2.75) is 4.90 Å². The maximum atomic E-state index is 14.0. The van der Waals surface area contributed by atoms with Crippen molar-refractivity contribution in [3.8, 4) is 11.3 Å². The van der Waals surface area contributed by atoms with Gasteiger partial charge in [0.1, 0.15) is 16.4 Å². The van der Waals surface area contributed by atoms with Gasteiger partial charge in [-0.1, -0.05) is 5.16 Å². The summed E-state index contributed by atoms with van der Waals surface area (Å²) in [4.78, 5) is -0.737. The van der Waals surface area contributed by atoms with Gasteiger partial charge in [0, 0.05) is 17.9 Å². The minimum absolute atomic E-state index is 0.0746. The summed E-state index contributed by atoms with van der Waals surface area (Å²) in [5, 5.41) is 3.41. The number of nitrogen functional groups attached to an aromatic ring is 1. The lowest BCUT2D eigenvalue weighted by molar-refractivity contribution is 0.438. The Balaban J connectivity index is 2.74. The lowest BCUT2D eigenvalue weighted by Crippen LogP contribution is -2.03. The number of anilines is 1. The van der Waals surface area contributed by atoms with Crippen LogP contribution in [-0.2, 0) is 9.84 Å². The Hall–Kier alpha value is -1.96. The van der Waals surface area contributed by atoms with E-state index in [1.165, 1.54) is 6.07 Å². The van der Waals surface area contributed by atoms with Crippen LogP contribution in [0.2, 0.25) is 0 Å². The second-order valence-electron chi connectivity index (χ2n) is 3.65. The molecule has 5 nitrogen and oxygen atoms in total. The largest absolute Gasteiger partial charge is 0.368 e. The van der Waals surface area contributed by atoms with E-state index in [1.54, 1.807) is 0 Å². The van der Waals surface area contributed by atoms with Crippen molar-refractivity contribution in [2.24, 2.45) is 0 Å². The van der Waals surface area contributed by atoms with E-state index < -0.39 is 26.4 Å². The number of nitrogens with two attached hydrogens (primary N) is 1. The van der Waals surface area contributed by atoms with Crippen molar-refractivity contribution in [3.63, 3.8) is 0 Å². The molecule has 0 bridgehead atoms. The molecule has 0 aliphatic heterocycles. The molecule has 0 saturated heterocycles. The average molecular weight is 274 g/mol. The van der Waals surface area contributed by atoms with E-state index in [2.05, 4.69) is 9.68 Å². The Morgan fingerprint density at radius 1 is 1.28 bits per heavy atom. The zero-order chi connectivity index (χ0) is 13.5. The highest BCUT2D eigenvalue weighted by Gasteiger charge is 2.21. The quantitative estimate of drug-likeness (QED) is 0.899. The lowest BCUT2D eigenvalue weighted by Gasteiger charge is -2.05. The number of rotatable bonds is 2. The van der Waals surface area contributed by atoms with Gasteiger partial charge in [0.25, 0.3) is 0 Å². The van der Waals surface area contributed by atoms with E-state index in [-0.39, 0.29) is 17.1 Å². The third-order valence-electron chi connectivity index (χ3n) is 2.21. The number of benzene rings is 1. The molecule has 0 amide bonds. The molecule has 1 aromatic carbocycles. The first kappa shape index (κ1) is 12.5. The predicted octanol–water partition coefficient (Wildman–Crippen LogP) is 1.61. The summed E-state index contributed by atoms with van der Waals surface area (Å²) in [6.45, 7) is 0. The van der Waals surface area contributed by atoms with Crippen LogP contribution >= 0.6 is 0 Å². The third kappa shape index (κ3) is 2.19. The molecular formula is C10H8F2N2O3S. The van der Waals surface area contributed by atoms with Crippen LogP contribution in [0, 0.1) is 11.6 Å². The second kappa shape index (κ2) is 4.05. The van der Waals surface area contributed by atoms with Crippen LogP contribution in [0.15, 0.2) is 27.6 Å². The molecule has 0 spiro atoms. The summed E-state index contributed by atoms with van der Waals surface area (Å²) in [5.41, 5.74) is 4.87. The monoisotopic (exact) mass is 274 g/mol. The molecule has 0 radical (unpaired) electrons. The molecule has 0 aliphatic carbocycles. The highest BCUT2D eigenvalue weighted by molar-refractivity contribution is 7.90. The van der Waals surface area contributed by atoms with Crippen molar-refractivity contribution in [2.75, 3.05) is 12.0 Å². The Morgan fingerprint density at radius 2 is 1.94 bits per heavy atom. The minimum atomic E-state index is -3.88. The Kier molecular flexibility index (Phi) is 2.81. The fourth-order valence-electron chi connectivity index (χ4n) is 1.44. The Bertz CT molecular complexity index is 710. The van der Waals surface area contributed by atoms with E-state index in [4.69, 9.17) is 5.73 Å². The molecule has 2 N–H and O–H groups in total. The van der Waals surface area contributed by atoms with Gasteiger partial charge in [0.05, 0.1) is 0 Å². The molecule has 0 fully saturated rings. The summed E-state index contributed by atoms with van der Waals surface area (Å²) in [7, 11) is -3.88. The molecule has 0 saturated carbocycles. The van der Waals surface area contributed by atoms with Crippen molar-refractivity contribution < 1.29 is 21.7 Å². The highest BCUT2D eigenvalue weighted by atomic mass is 32.2. The summed E-state index contributed by atoms with van der Waals surface area (Å²) < 4.78 is 54.5. The van der Waals surface area contributed by atoms with E-state index in [0.717, 1.165) is 12.3 Å². The second-order valence-corrected chi connectivity index (χ2v) is 5.64. The van der Waals surface area contributed by atoms with Crippen LogP contribution in [0.4, 0.5) is 14.7 Å². The van der Waals surface area contributed by atoms with E-state index >= 15 is 0 Å². The van der Waals surface area contributed by atoms with Gasteiger partial charge in [0.2, 0.25) is 5.88 Å². The van der Waals surface area contributed by atoms with Crippen LogP contribution in [-0.4, -0.2) is 19.8 Å². The van der Waals surface area contributed by atoms with Gasteiger partial charge in [-0.3, -0.25) is 0 Å². The van der Waals surface area contributed by atoms with Crippen LogP contribution in [0.1, 0.15) is 0 Å². The maximum absolute atomic E-state index is 14.0. The summed E-state index contributed by atoms with van der Waals surface area (Å²) in [6.07, 6.45) is 0.784. The summed E-state index contributed by atoms with van der Waals surface area (Å²) in [5.74, 6) is -2.07. The molecule has 1 aromatic heterocycles. The van der Waals surface area contributed by atoms with Gasteiger partial charge >= 0.3 is 0 Å². The highest BCUT2D eigenvalue weighted by Crippen LogP contribution is 2.28. The number of aromatic nitrogens is 1. The van der Waals surface area contributed by atoms with Gasteiger partial charge in [-0.15, -0.1) is 0 Å².